The summed E-state index contributed by atoms with van der Waals surface area (Å²) in [4.78, 5) is 0. The zero-order valence-corrected chi connectivity index (χ0v) is 7.24. The fourth-order valence-electron chi connectivity index (χ4n) is 1.25. The van der Waals surface area contributed by atoms with Crippen molar-refractivity contribution in [3.8, 4) is 0 Å². The SMILES string of the molecule is Nc1cccc2c1NC(=S)NC2. The first kappa shape index (κ1) is 7.36. The van der Waals surface area contributed by atoms with E-state index in [4.69, 9.17) is 18.0 Å². The van der Waals surface area contributed by atoms with Crippen molar-refractivity contribution in [2.45, 2.75) is 6.54 Å². The highest BCUT2D eigenvalue weighted by molar-refractivity contribution is 7.80. The van der Waals surface area contributed by atoms with E-state index in [-0.39, 0.29) is 0 Å². The molecule has 0 aromatic heterocycles. The van der Waals surface area contributed by atoms with Crippen molar-refractivity contribution >= 4 is 28.7 Å². The first-order valence-corrected chi connectivity index (χ1v) is 4.10. The number of hydrogen-bond donors (Lipinski definition) is 3. The number of anilines is 2. The molecule has 0 fully saturated rings. The first-order chi connectivity index (χ1) is 5.77. The third-order valence-electron chi connectivity index (χ3n) is 1.86. The van der Waals surface area contributed by atoms with Crippen molar-refractivity contribution in [3.63, 3.8) is 0 Å². The summed E-state index contributed by atoms with van der Waals surface area (Å²) in [7, 11) is 0. The molecule has 0 amide bonds. The number of para-hydroxylation sites is 1. The highest BCUT2D eigenvalue weighted by atomic mass is 32.1. The van der Waals surface area contributed by atoms with E-state index in [2.05, 4.69) is 10.6 Å². The maximum absolute atomic E-state index is 5.75. The van der Waals surface area contributed by atoms with Gasteiger partial charge in [-0.05, 0) is 23.8 Å². The standard InChI is InChI=1S/C8H9N3S/c9-6-3-1-2-5-4-10-8(12)11-7(5)6/h1-3H,4,9H2,(H2,10,11,12). The van der Waals surface area contributed by atoms with Crippen molar-refractivity contribution in [2.24, 2.45) is 0 Å². The fourth-order valence-corrected chi connectivity index (χ4v) is 1.43. The number of nitrogen functional groups attached to an aromatic ring is 1. The average Bonchev–Trinajstić information content (AvgIpc) is 2.07. The summed E-state index contributed by atoms with van der Waals surface area (Å²) >= 11 is 4.96. The van der Waals surface area contributed by atoms with Crippen LogP contribution < -0.4 is 16.4 Å². The van der Waals surface area contributed by atoms with Gasteiger partial charge in [0, 0.05) is 6.54 Å². The lowest BCUT2D eigenvalue weighted by molar-refractivity contribution is 0.909. The van der Waals surface area contributed by atoms with Crippen LogP contribution in [-0.2, 0) is 6.54 Å². The van der Waals surface area contributed by atoms with Gasteiger partial charge >= 0.3 is 0 Å². The minimum atomic E-state index is 0.639. The molecule has 12 heavy (non-hydrogen) atoms. The van der Waals surface area contributed by atoms with Crippen LogP contribution >= 0.6 is 12.2 Å². The molecule has 0 aliphatic carbocycles. The molecule has 4 heteroatoms. The Kier molecular flexibility index (Phi) is 1.62. The Balaban J connectivity index is 2.50. The molecule has 3 nitrogen and oxygen atoms in total. The third kappa shape index (κ3) is 1.10. The van der Waals surface area contributed by atoms with Crippen molar-refractivity contribution < 1.29 is 0 Å². The minimum absolute atomic E-state index is 0.639. The molecule has 0 radical (unpaired) electrons. The summed E-state index contributed by atoms with van der Waals surface area (Å²) < 4.78 is 0. The number of nitrogens with one attached hydrogen (secondary N) is 2. The molecular formula is C8H9N3S. The second-order valence-electron chi connectivity index (χ2n) is 2.69. The summed E-state index contributed by atoms with van der Waals surface area (Å²) in [5.74, 6) is 0. The van der Waals surface area contributed by atoms with E-state index >= 15 is 0 Å². The van der Waals surface area contributed by atoms with E-state index in [0.29, 0.717) is 5.11 Å². The van der Waals surface area contributed by atoms with Crippen molar-refractivity contribution in [1.82, 2.24) is 5.32 Å². The highest BCUT2D eigenvalue weighted by Crippen LogP contribution is 2.25. The Bertz CT molecular complexity index is 335. The van der Waals surface area contributed by atoms with Gasteiger partial charge in [0.05, 0.1) is 11.4 Å². The molecule has 0 unspecified atom stereocenters. The molecular weight excluding hydrogens is 170 g/mol. The predicted molar refractivity (Wildman–Crippen MR) is 53.9 cm³/mol. The molecule has 1 aromatic rings. The summed E-state index contributed by atoms with van der Waals surface area (Å²) in [6.45, 7) is 0.756. The molecule has 1 aliphatic heterocycles. The average molecular weight is 179 g/mol. The van der Waals surface area contributed by atoms with E-state index in [1.807, 2.05) is 18.2 Å². The Labute approximate surface area is 76.0 Å². The summed E-state index contributed by atoms with van der Waals surface area (Å²) in [6, 6.07) is 5.82. The Morgan fingerprint density at radius 2 is 2.25 bits per heavy atom. The van der Waals surface area contributed by atoms with Crippen LogP contribution in [0, 0.1) is 0 Å². The Morgan fingerprint density at radius 1 is 1.42 bits per heavy atom. The van der Waals surface area contributed by atoms with Gasteiger partial charge in [-0.3, -0.25) is 0 Å². The molecule has 1 heterocycles. The van der Waals surface area contributed by atoms with Gasteiger partial charge in [-0.2, -0.15) is 0 Å². The van der Waals surface area contributed by atoms with Gasteiger partial charge < -0.3 is 16.4 Å². The Morgan fingerprint density at radius 3 is 3.08 bits per heavy atom. The molecule has 62 valence electrons. The van der Waals surface area contributed by atoms with Gasteiger partial charge in [-0.15, -0.1) is 0 Å². The molecule has 1 aliphatic rings. The van der Waals surface area contributed by atoms with E-state index in [9.17, 15) is 0 Å². The lowest BCUT2D eigenvalue weighted by Crippen LogP contribution is -2.33. The van der Waals surface area contributed by atoms with E-state index < -0.39 is 0 Å². The lowest BCUT2D eigenvalue weighted by Gasteiger charge is -2.21. The maximum atomic E-state index is 5.75. The van der Waals surface area contributed by atoms with Crippen LogP contribution in [0.2, 0.25) is 0 Å². The highest BCUT2D eigenvalue weighted by Gasteiger charge is 2.12. The molecule has 2 rings (SSSR count). The molecule has 0 spiro atoms. The second-order valence-corrected chi connectivity index (χ2v) is 3.10. The smallest absolute Gasteiger partial charge is 0.171 e. The van der Waals surface area contributed by atoms with Crippen LogP contribution in [0.4, 0.5) is 11.4 Å². The van der Waals surface area contributed by atoms with Crippen molar-refractivity contribution in [3.05, 3.63) is 23.8 Å². The van der Waals surface area contributed by atoms with Crippen LogP contribution in [0.25, 0.3) is 0 Å². The van der Waals surface area contributed by atoms with Crippen LogP contribution in [0.5, 0.6) is 0 Å². The van der Waals surface area contributed by atoms with Gasteiger partial charge in [-0.25, -0.2) is 0 Å². The first-order valence-electron chi connectivity index (χ1n) is 3.69. The van der Waals surface area contributed by atoms with Gasteiger partial charge in [0.1, 0.15) is 0 Å². The van der Waals surface area contributed by atoms with Gasteiger partial charge in [0.15, 0.2) is 5.11 Å². The van der Waals surface area contributed by atoms with Crippen LogP contribution in [0.1, 0.15) is 5.56 Å². The number of benzene rings is 1. The number of fused-ring (bicyclic) bond motifs is 1. The van der Waals surface area contributed by atoms with E-state index in [1.165, 1.54) is 0 Å². The van der Waals surface area contributed by atoms with Gasteiger partial charge in [-0.1, -0.05) is 12.1 Å². The quantitative estimate of drug-likeness (QED) is 0.412. The maximum Gasteiger partial charge on any atom is 0.171 e. The van der Waals surface area contributed by atoms with Crippen molar-refractivity contribution in [2.75, 3.05) is 11.1 Å². The molecule has 0 saturated carbocycles. The fraction of sp³-hybridized carbons (Fsp3) is 0.125. The summed E-state index contributed by atoms with van der Waals surface area (Å²) in [5, 5.41) is 6.69. The molecule has 1 aromatic carbocycles. The predicted octanol–water partition coefficient (Wildman–Crippen LogP) is 1.07. The van der Waals surface area contributed by atoms with Crippen molar-refractivity contribution in [1.29, 1.82) is 0 Å². The Hall–Kier alpha value is -1.29. The zero-order chi connectivity index (χ0) is 8.55. The topological polar surface area (TPSA) is 50.1 Å². The van der Waals surface area contributed by atoms with Crippen LogP contribution in [0.15, 0.2) is 18.2 Å². The number of nitrogens with two attached hydrogens (primary N) is 1. The third-order valence-corrected chi connectivity index (χ3v) is 2.11. The number of hydrogen-bond acceptors (Lipinski definition) is 2. The lowest BCUT2D eigenvalue weighted by atomic mass is 10.1. The second kappa shape index (κ2) is 2.64. The van der Waals surface area contributed by atoms with Crippen LogP contribution in [-0.4, -0.2) is 5.11 Å². The van der Waals surface area contributed by atoms with E-state index in [1.54, 1.807) is 0 Å². The van der Waals surface area contributed by atoms with E-state index in [0.717, 1.165) is 23.5 Å². The van der Waals surface area contributed by atoms with Gasteiger partial charge in [0.2, 0.25) is 0 Å². The monoisotopic (exact) mass is 179 g/mol. The number of thiocarbonyl (C=S) groups is 1. The summed E-state index contributed by atoms with van der Waals surface area (Å²) in [6.07, 6.45) is 0. The van der Waals surface area contributed by atoms with Crippen LogP contribution in [0.3, 0.4) is 0 Å². The molecule has 0 saturated heterocycles. The largest absolute Gasteiger partial charge is 0.397 e. The minimum Gasteiger partial charge on any atom is -0.397 e. The molecule has 4 N–H and O–H groups in total. The normalized spacial score (nSPS) is 14.5. The summed E-state index contributed by atoms with van der Waals surface area (Å²) in [5.41, 5.74) is 8.60. The number of rotatable bonds is 0. The molecule has 0 bridgehead atoms. The van der Waals surface area contributed by atoms with Gasteiger partial charge in [0.25, 0.3) is 0 Å². The molecule has 0 atom stereocenters. The zero-order valence-electron chi connectivity index (χ0n) is 6.42.